The van der Waals surface area contributed by atoms with Crippen molar-refractivity contribution in [3.05, 3.63) is 64.7 Å². The Morgan fingerprint density at radius 1 is 1.08 bits per heavy atom. The van der Waals surface area contributed by atoms with Crippen molar-refractivity contribution in [2.75, 3.05) is 5.43 Å². The zero-order chi connectivity index (χ0) is 18.2. The number of hydrogen-bond acceptors (Lipinski definition) is 4. The van der Waals surface area contributed by atoms with Gasteiger partial charge in [-0.15, -0.1) is 0 Å². The second-order valence-corrected chi connectivity index (χ2v) is 5.93. The highest BCUT2D eigenvalue weighted by Crippen LogP contribution is 2.24. The maximum atomic E-state index is 11.1. The van der Waals surface area contributed by atoms with Gasteiger partial charge in [-0.1, -0.05) is 41.9 Å². The van der Waals surface area contributed by atoms with E-state index in [-0.39, 0.29) is 18.0 Å². The molecule has 2 rings (SSSR count). The third-order valence-corrected chi connectivity index (χ3v) is 4.01. The number of carbonyl (C=O) groups is 2. The number of rotatable bonds is 9. The lowest BCUT2D eigenvalue weighted by Crippen LogP contribution is -2.27. The fourth-order valence-electron chi connectivity index (χ4n) is 2.38. The van der Waals surface area contributed by atoms with E-state index in [0.717, 1.165) is 5.56 Å². The van der Waals surface area contributed by atoms with Crippen LogP contribution in [0.3, 0.4) is 0 Å². The number of halogens is 1. The van der Waals surface area contributed by atoms with Crippen LogP contribution in [-0.2, 0) is 4.79 Å². The van der Waals surface area contributed by atoms with Crippen molar-refractivity contribution in [2.45, 2.75) is 25.3 Å². The zero-order valence-electron chi connectivity index (χ0n) is 13.4. The van der Waals surface area contributed by atoms with E-state index >= 15 is 0 Å². The number of anilines is 1. The number of benzene rings is 2. The molecule has 0 aromatic heterocycles. The van der Waals surface area contributed by atoms with Crippen LogP contribution in [-0.4, -0.2) is 22.2 Å². The molecule has 6 nitrogen and oxygen atoms in total. The van der Waals surface area contributed by atoms with Gasteiger partial charge in [-0.2, -0.15) is 0 Å². The second kappa shape index (κ2) is 9.05. The number of hydrogen-bond donors (Lipinski definition) is 4. The molecule has 0 radical (unpaired) electrons. The lowest BCUT2D eigenvalue weighted by Gasteiger charge is -2.21. The van der Waals surface area contributed by atoms with Crippen LogP contribution < -0.4 is 10.9 Å². The van der Waals surface area contributed by atoms with Gasteiger partial charge in [0.1, 0.15) is 0 Å². The predicted molar refractivity (Wildman–Crippen MR) is 95.8 cm³/mol. The van der Waals surface area contributed by atoms with Crippen molar-refractivity contribution in [3.8, 4) is 0 Å². The third-order valence-electron chi connectivity index (χ3n) is 3.68. The molecule has 0 amide bonds. The Hall–Kier alpha value is -2.57. The maximum Gasteiger partial charge on any atom is 0.335 e. The topological polar surface area (TPSA) is 98.7 Å². The first-order valence-corrected chi connectivity index (χ1v) is 8.16. The Kier molecular flexibility index (Phi) is 6.80. The first-order chi connectivity index (χ1) is 12.0. The Balaban J connectivity index is 2.10. The van der Waals surface area contributed by atoms with Gasteiger partial charge in [0.15, 0.2) is 0 Å². The Morgan fingerprint density at radius 3 is 2.44 bits per heavy atom. The lowest BCUT2D eigenvalue weighted by atomic mass is 10.0. The molecule has 0 aliphatic rings. The number of carboxylic acid groups (broad SMARTS) is 2. The highest BCUT2D eigenvalue weighted by Gasteiger charge is 2.13. The maximum absolute atomic E-state index is 11.1. The fourth-order valence-corrected chi connectivity index (χ4v) is 2.55. The highest BCUT2D eigenvalue weighted by molar-refractivity contribution is 6.33. The van der Waals surface area contributed by atoms with Crippen molar-refractivity contribution >= 4 is 29.2 Å². The van der Waals surface area contributed by atoms with Crippen molar-refractivity contribution in [1.29, 1.82) is 0 Å². The van der Waals surface area contributed by atoms with Gasteiger partial charge >= 0.3 is 11.9 Å². The van der Waals surface area contributed by atoms with Crippen LogP contribution in [0.4, 0.5) is 5.69 Å². The summed E-state index contributed by atoms with van der Waals surface area (Å²) in [6, 6.07) is 13.8. The van der Waals surface area contributed by atoms with E-state index in [4.69, 9.17) is 21.8 Å². The highest BCUT2D eigenvalue weighted by atomic mass is 35.5. The van der Waals surface area contributed by atoms with Gasteiger partial charge < -0.3 is 15.6 Å². The molecule has 1 atom stereocenters. The molecule has 0 saturated carbocycles. The van der Waals surface area contributed by atoms with Crippen LogP contribution in [0, 0.1) is 0 Å². The molecule has 0 heterocycles. The molecule has 4 N–H and O–H groups in total. The number of aromatic carboxylic acids is 1. The summed E-state index contributed by atoms with van der Waals surface area (Å²) >= 11 is 6.10. The number of aliphatic carboxylic acids is 1. The Bertz CT molecular complexity index is 737. The van der Waals surface area contributed by atoms with Crippen molar-refractivity contribution in [3.63, 3.8) is 0 Å². The molecule has 0 aliphatic heterocycles. The van der Waals surface area contributed by atoms with E-state index in [1.54, 1.807) is 0 Å². The summed E-state index contributed by atoms with van der Waals surface area (Å²) in [7, 11) is 0. The minimum atomic E-state index is -1.04. The first-order valence-electron chi connectivity index (χ1n) is 7.78. The molecule has 25 heavy (non-hydrogen) atoms. The number of nitrogens with one attached hydrogen (secondary N) is 2. The van der Waals surface area contributed by atoms with Crippen molar-refractivity contribution in [2.24, 2.45) is 0 Å². The average Bonchev–Trinajstić information content (AvgIpc) is 2.59. The minimum absolute atomic E-state index is 0.0836. The number of hydrazine groups is 1. The van der Waals surface area contributed by atoms with Crippen LogP contribution in [0.1, 0.15) is 41.2 Å². The van der Waals surface area contributed by atoms with E-state index in [1.165, 1.54) is 18.2 Å². The van der Waals surface area contributed by atoms with Crippen LogP contribution in [0.2, 0.25) is 5.02 Å². The predicted octanol–water partition coefficient (Wildman–Crippen LogP) is 3.95. The summed E-state index contributed by atoms with van der Waals surface area (Å²) < 4.78 is 0. The summed E-state index contributed by atoms with van der Waals surface area (Å²) in [5, 5.41) is 18.3. The molecule has 7 heteroatoms. The summed E-state index contributed by atoms with van der Waals surface area (Å²) in [6.07, 6.45) is 1.19. The largest absolute Gasteiger partial charge is 0.481 e. The molecule has 0 spiro atoms. The van der Waals surface area contributed by atoms with Gasteiger partial charge in [0.05, 0.1) is 22.3 Å². The molecule has 2 aromatic rings. The molecule has 0 bridgehead atoms. The van der Waals surface area contributed by atoms with Gasteiger partial charge in [-0.3, -0.25) is 4.79 Å². The van der Waals surface area contributed by atoms with Gasteiger partial charge in [-0.05, 0) is 36.6 Å². The van der Waals surface area contributed by atoms with E-state index < -0.39 is 11.9 Å². The third kappa shape index (κ3) is 5.77. The Labute approximate surface area is 150 Å². The van der Waals surface area contributed by atoms with E-state index in [0.29, 0.717) is 23.6 Å². The zero-order valence-corrected chi connectivity index (χ0v) is 14.2. The normalized spacial score (nSPS) is 11.7. The minimum Gasteiger partial charge on any atom is -0.481 e. The van der Waals surface area contributed by atoms with Crippen LogP contribution >= 0.6 is 11.6 Å². The fraction of sp³-hybridized carbons (Fsp3) is 0.222. The summed E-state index contributed by atoms with van der Waals surface area (Å²) in [4.78, 5) is 21.8. The second-order valence-electron chi connectivity index (χ2n) is 5.52. The smallest absolute Gasteiger partial charge is 0.335 e. The van der Waals surface area contributed by atoms with E-state index in [1.807, 2.05) is 30.3 Å². The molecule has 0 aliphatic carbocycles. The molecule has 0 fully saturated rings. The quantitative estimate of drug-likeness (QED) is 0.504. The van der Waals surface area contributed by atoms with Gasteiger partial charge in [-0.25, -0.2) is 10.2 Å². The lowest BCUT2D eigenvalue weighted by molar-refractivity contribution is -0.137. The first kappa shape index (κ1) is 18.8. The van der Waals surface area contributed by atoms with Crippen LogP contribution in [0.15, 0.2) is 48.5 Å². The van der Waals surface area contributed by atoms with Crippen molar-refractivity contribution < 1.29 is 19.8 Å². The van der Waals surface area contributed by atoms with Gasteiger partial charge in [0.2, 0.25) is 0 Å². The number of carboxylic acids is 2. The van der Waals surface area contributed by atoms with E-state index in [2.05, 4.69) is 10.9 Å². The molecule has 2 aromatic carbocycles. The summed E-state index contributed by atoms with van der Waals surface area (Å²) in [5.41, 5.74) is 7.62. The molecule has 0 saturated heterocycles. The molecular weight excluding hydrogens is 344 g/mol. The summed E-state index contributed by atoms with van der Waals surface area (Å²) in [6.45, 7) is 0. The van der Waals surface area contributed by atoms with E-state index in [9.17, 15) is 9.59 Å². The SMILES string of the molecule is O=C(O)CCCC(NNc1cc(C(=O)O)ccc1Cl)c1ccccc1. The summed E-state index contributed by atoms with van der Waals surface area (Å²) in [5.74, 6) is -1.88. The Morgan fingerprint density at radius 2 is 1.80 bits per heavy atom. The van der Waals surface area contributed by atoms with Gasteiger partial charge in [0, 0.05) is 6.42 Å². The molecule has 1 unspecified atom stereocenters. The van der Waals surface area contributed by atoms with Crippen LogP contribution in [0.5, 0.6) is 0 Å². The van der Waals surface area contributed by atoms with Crippen molar-refractivity contribution in [1.82, 2.24) is 5.43 Å². The molecular formula is C18H19ClN2O4. The monoisotopic (exact) mass is 362 g/mol. The van der Waals surface area contributed by atoms with Gasteiger partial charge in [0.25, 0.3) is 0 Å². The average molecular weight is 363 g/mol. The molecule has 132 valence electrons. The standard InChI is InChI=1S/C18H19ClN2O4/c19-14-10-9-13(18(24)25)11-16(14)21-20-15(7-4-8-17(22)23)12-5-2-1-3-6-12/h1-3,5-6,9-11,15,20-21H,4,7-8H2,(H,22,23)(H,24,25). The van der Waals surface area contributed by atoms with Crippen LogP contribution in [0.25, 0.3) is 0 Å².